The largest absolute Gasteiger partial charge is 0.212 e. The molecule has 0 atom stereocenters. The van der Waals surface area contributed by atoms with Crippen LogP contribution in [0.5, 0.6) is 0 Å². The topological polar surface area (TPSA) is 43.1 Å². The molecule has 0 spiro atoms. The van der Waals surface area contributed by atoms with Crippen molar-refractivity contribution in [2.24, 2.45) is 5.10 Å². The summed E-state index contributed by atoms with van der Waals surface area (Å²) in [7, 11) is 0. The summed E-state index contributed by atoms with van der Waals surface area (Å²) in [5.41, 5.74) is 2.89. The molecule has 0 saturated heterocycles. The molecule has 6 heteroatoms. The molecule has 0 amide bonds. The summed E-state index contributed by atoms with van der Waals surface area (Å²) in [6.45, 7) is 4.29. The Kier molecular flexibility index (Phi) is 4.13. The molecular formula is C19H17ClN4S. The molecule has 0 fully saturated rings. The van der Waals surface area contributed by atoms with Crippen molar-refractivity contribution in [1.82, 2.24) is 14.9 Å². The van der Waals surface area contributed by atoms with E-state index in [2.05, 4.69) is 36.2 Å². The first-order chi connectivity index (χ1) is 12.1. The molecule has 4 rings (SSSR count). The lowest BCUT2D eigenvalue weighted by atomic mass is 9.84. The third-order valence-corrected chi connectivity index (χ3v) is 5.55. The van der Waals surface area contributed by atoms with Crippen LogP contribution >= 0.6 is 23.4 Å². The number of thioether (sulfide) groups is 1. The normalized spacial score (nSPS) is 14.1. The summed E-state index contributed by atoms with van der Waals surface area (Å²) >= 11 is 7.78. The van der Waals surface area contributed by atoms with Crippen LogP contribution in [0.15, 0.2) is 64.9 Å². The Morgan fingerprint density at radius 2 is 1.84 bits per heavy atom. The summed E-state index contributed by atoms with van der Waals surface area (Å²) in [5, 5.41) is 15.2. The van der Waals surface area contributed by atoms with Gasteiger partial charge >= 0.3 is 0 Å². The summed E-state index contributed by atoms with van der Waals surface area (Å²) in [4.78, 5) is 0. The van der Waals surface area contributed by atoms with Crippen LogP contribution in [0.3, 0.4) is 0 Å². The third-order valence-electron chi connectivity index (χ3n) is 4.38. The highest BCUT2D eigenvalue weighted by Crippen LogP contribution is 2.34. The van der Waals surface area contributed by atoms with Gasteiger partial charge in [0.1, 0.15) is 0 Å². The van der Waals surface area contributed by atoms with E-state index in [1.54, 1.807) is 11.8 Å². The molecule has 0 radical (unpaired) electrons. The number of fused-ring (bicyclic) bond motifs is 1. The van der Waals surface area contributed by atoms with Crippen molar-refractivity contribution in [2.75, 3.05) is 5.75 Å². The summed E-state index contributed by atoms with van der Waals surface area (Å²) < 4.78 is 1.87. The smallest absolute Gasteiger partial charge is 0.190 e. The van der Waals surface area contributed by atoms with Crippen LogP contribution in [0.25, 0.3) is 0 Å². The van der Waals surface area contributed by atoms with E-state index in [0.717, 1.165) is 28.0 Å². The highest BCUT2D eigenvalue weighted by molar-refractivity contribution is 7.99. The minimum atomic E-state index is -0.298. The van der Waals surface area contributed by atoms with Gasteiger partial charge in [0.25, 0.3) is 0 Å². The van der Waals surface area contributed by atoms with Gasteiger partial charge in [-0.2, -0.15) is 9.78 Å². The van der Waals surface area contributed by atoms with Crippen molar-refractivity contribution >= 4 is 29.1 Å². The summed E-state index contributed by atoms with van der Waals surface area (Å²) in [6, 6.07) is 18.1. The van der Waals surface area contributed by atoms with Crippen LogP contribution in [0.4, 0.5) is 0 Å². The van der Waals surface area contributed by atoms with Crippen molar-refractivity contribution in [3.63, 3.8) is 0 Å². The SMILES string of the molecule is CC(C)(c1ccccc1)c1nnc2n1N=C(c1cccc(Cl)c1)CS2. The van der Waals surface area contributed by atoms with E-state index >= 15 is 0 Å². The maximum atomic E-state index is 6.13. The number of aromatic nitrogens is 3. The molecular weight excluding hydrogens is 352 g/mol. The molecule has 126 valence electrons. The maximum Gasteiger partial charge on any atom is 0.212 e. The van der Waals surface area contributed by atoms with Crippen molar-refractivity contribution in [1.29, 1.82) is 0 Å². The number of nitrogens with zero attached hydrogens (tertiary/aromatic N) is 4. The first-order valence-electron chi connectivity index (χ1n) is 8.04. The van der Waals surface area contributed by atoms with Gasteiger partial charge in [0.15, 0.2) is 5.82 Å². The average molecular weight is 369 g/mol. The molecule has 1 aromatic heterocycles. The molecule has 1 aliphatic rings. The van der Waals surface area contributed by atoms with Crippen LogP contribution in [0, 0.1) is 0 Å². The lowest BCUT2D eigenvalue weighted by Crippen LogP contribution is -2.25. The molecule has 1 aliphatic heterocycles. The quantitative estimate of drug-likeness (QED) is 0.677. The number of rotatable bonds is 3. The molecule has 0 aliphatic carbocycles. The summed E-state index contributed by atoms with van der Waals surface area (Å²) in [6.07, 6.45) is 0. The van der Waals surface area contributed by atoms with Crippen molar-refractivity contribution < 1.29 is 0 Å². The number of halogens is 1. The van der Waals surface area contributed by atoms with Gasteiger partial charge in [0.2, 0.25) is 5.16 Å². The molecule has 0 N–H and O–H groups in total. The fraction of sp³-hybridized carbons (Fsp3) is 0.211. The van der Waals surface area contributed by atoms with Gasteiger partial charge in [-0.3, -0.25) is 0 Å². The Balaban J connectivity index is 1.80. The fourth-order valence-electron chi connectivity index (χ4n) is 2.91. The van der Waals surface area contributed by atoms with Crippen molar-refractivity contribution in [3.8, 4) is 0 Å². The molecule has 4 nitrogen and oxygen atoms in total. The van der Waals surface area contributed by atoms with E-state index in [9.17, 15) is 0 Å². The zero-order valence-electron chi connectivity index (χ0n) is 14.0. The van der Waals surface area contributed by atoms with E-state index in [1.807, 2.05) is 47.1 Å². The van der Waals surface area contributed by atoms with Gasteiger partial charge < -0.3 is 0 Å². The lowest BCUT2D eigenvalue weighted by Gasteiger charge is -2.25. The van der Waals surface area contributed by atoms with Crippen LogP contribution in [-0.4, -0.2) is 26.3 Å². The summed E-state index contributed by atoms with van der Waals surface area (Å²) in [5.74, 6) is 1.59. The monoisotopic (exact) mass is 368 g/mol. The lowest BCUT2D eigenvalue weighted by molar-refractivity contribution is 0.545. The minimum Gasteiger partial charge on any atom is -0.190 e. The third kappa shape index (κ3) is 2.98. The van der Waals surface area contributed by atoms with E-state index < -0.39 is 0 Å². The first-order valence-corrected chi connectivity index (χ1v) is 9.40. The predicted octanol–water partition coefficient (Wildman–Crippen LogP) is 4.62. The Hall–Kier alpha value is -2.11. The fourth-order valence-corrected chi connectivity index (χ4v) is 3.94. The molecule has 0 bridgehead atoms. The van der Waals surface area contributed by atoms with E-state index in [0.29, 0.717) is 5.02 Å². The molecule has 2 aromatic carbocycles. The van der Waals surface area contributed by atoms with Crippen molar-refractivity contribution in [3.05, 3.63) is 76.6 Å². The standard InChI is InChI=1S/C19H17ClN4S/c1-19(2,14-8-4-3-5-9-14)17-21-22-18-24(17)23-16(12-25-18)13-7-6-10-15(20)11-13/h3-11H,12H2,1-2H3. The van der Waals surface area contributed by atoms with Crippen LogP contribution < -0.4 is 0 Å². The second kappa shape index (κ2) is 6.32. The average Bonchev–Trinajstić information content (AvgIpc) is 3.06. The van der Waals surface area contributed by atoms with Crippen LogP contribution in [0.1, 0.15) is 30.8 Å². The van der Waals surface area contributed by atoms with Gasteiger partial charge in [-0.1, -0.05) is 65.8 Å². The van der Waals surface area contributed by atoms with Gasteiger partial charge in [-0.15, -0.1) is 10.2 Å². The second-order valence-corrected chi connectivity index (χ2v) is 7.83. The Bertz CT molecular complexity index is 947. The molecule has 0 saturated carbocycles. The second-order valence-electron chi connectivity index (χ2n) is 6.45. The van der Waals surface area contributed by atoms with Gasteiger partial charge in [-0.25, -0.2) is 0 Å². The molecule has 3 aromatic rings. The number of hydrogen-bond donors (Lipinski definition) is 0. The Labute approximate surface area is 155 Å². The zero-order chi connectivity index (χ0) is 17.4. The van der Waals surface area contributed by atoms with Crippen molar-refractivity contribution in [2.45, 2.75) is 24.4 Å². The Morgan fingerprint density at radius 1 is 1.04 bits per heavy atom. The molecule has 0 unspecified atom stereocenters. The minimum absolute atomic E-state index is 0.298. The van der Waals surface area contributed by atoms with Gasteiger partial charge in [0.05, 0.1) is 11.1 Å². The van der Waals surface area contributed by atoms with E-state index in [4.69, 9.17) is 16.7 Å². The zero-order valence-corrected chi connectivity index (χ0v) is 15.6. The Morgan fingerprint density at radius 3 is 2.60 bits per heavy atom. The number of hydrogen-bond acceptors (Lipinski definition) is 4. The van der Waals surface area contributed by atoms with Crippen LogP contribution in [-0.2, 0) is 5.41 Å². The molecule has 25 heavy (non-hydrogen) atoms. The van der Waals surface area contributed by atoms with E-state index in [-0.39, 0.29) is 5.41 Å². The highest BCUT2D eigenvalue weighted by atomic mass is 35.5. The van der Waals surface area contributed by atoms with Gasteiger partial charge in [0, 0.05) is 16.3 Å². The number of benzene rings is 2. The van der Waals surface area contributed by atoms with Crippen LogP contribution in [0.2, 0.25) is 5.02 Å². The van der Waals surface area contributed by atoms with E-state index in [1.165, 1.54) is 5.56 Å². The van der Waals surface area contributed by atoms with Gasteiger partial charge in [-0.05, 0) is 31.5 Å². The first kappa shape index (κ1) is 16.4. The highest BCUT2D eigenvalue weighted by Gasteiger charge is 2.32. The maximum absolute atomic E-state index is 6.13. The molecule has 2 heterocycles. The predicted molar refractivity (Wildman–Crippen MR) is 103 cm³/mol.